The van der Waals surface area contributed by atoms with E-state index in [1.807, 2.05) is 36.6 Å². The van der Waals surface area contributed by atoms with Gasteiger partial charge in [-0.3, -0.25) is 9.59 Å². The number of anilines is 1. The third-order valence-electron chi connectivity index (χ3n) is 5.39. The van der Waals surface area contributed by atoms with E-state index >= 15 is 0 Å². The Hall–Kier alpha value is -3.35. The molecule has 0 aliphatic carbocycles. The third kappa shape index (κ3) is 3.81. The molecule has 2 amide bonds. The highest BCUT2D eigenvalue weighted by molar-refractivity contribution is 6.05. The van der Waals surface area contributed by atoms with Crippen LogP contribution in [-0.2, 0) is 19.5 Å². The van der Waals surface area contributed by atoms with Crippen molar-refractivity contribution in [2.75, 3.05) is 5.32 Å². The highest BCUT2D eigenvalue weighted by Gasteiger charge is 2.27. The number of nitrogens with one attached hydrogen (secondary N) is 2. The van der Waals surface area contributed by atoms with Crippen LogP contribution in [0.1, 0.15) is 56.5 Å². The molecule has 150 valence electrons. The number of carbonyl (C=O) groups is 2. The Labute approximate surface area is 169 Å². The zero-order chi connectivity index (χ0) is 20.4. The minimum Gasteiger partial charge on any atom is -0.467 e. The van der Waals surface area contributed by atoms with Gasteiger partial charge in [-0.25, -0.2) is 4.98 Å². The number of nitrogens with zero attached hydrogens (tertiary/aromatic N) is 2. The van der Waals surface area contributed by atoms with Gasteiger partial charge >= 0.3 is 0 Å². The van der Waals surface area contributed by atoms with Crippen LogP contribution < -0.4 is 10.6 Å². The monoisotopic (exact) mass is 392 g/mol. The fourth-order valence-corrected chi connectivity index (χ4v) is 3.63. The molecule has 1 aromatic carbocycles. The minimum absolute atomic E-state index is 0.275. The van der Waals surface area contributed by atoms with Crippen LogP contribution in [0.15, 0.2) is 41.0 Å². The summed E-state index contributed by atoms with van der Waals surface area (Å²) in [6.07, 6.45) is 4.23. The Balaban J connectivity index is 1.59. The van der Waals surface area contributed by atoms with Gasteiger partial charge in [0.1, 0.15) is 5.76 Å². The number of aryl methyl sites for hydroxylation is 1. The van der Waals surface area contributed by atoms with E-state index in [0.29, 0.717) is 18.0 Å². The molecule has 4 rings (SSSR count). The van der Waals surface area contributed by atoms with E-state index < -0.39 is 0 Å². The van der Waals surface area contributed by atoms with Crippen LogP contribution in [0.3, 0.4) is 0 Å². The van der Waals surface area contributed by atoms with Crippen molar-refractivity contribution in [1.82, 2.24) is 14.9 Å². The molecule has 1 aliphatic heterocycles. The molecule has 0 saturated heterocycles. The summed E-state index contributed by atoms with van der Waals surface area (Å²) >= 11 is 0. The number of hydrogen-bond donors (Lipinski definition) is 2. The minimum atomic E-state index is -0.310. The second kappa shape index (κ2) is 7.95. The molecule has 29 heavy (non-hydrogen) atoms. The second-order valence-corrected chi connectivity index (χ2v) is 7.30. The predicted molar refractivity (Wildman–Crippen MR) is 109 cm³/mol. The molecule has 0 saturated carbocycles. The number of aromatic nitrogens is 2. The Morgan fingerprint density at radius 3 is 2.79 bits per heavy atom. The number of hydrogen-bond acceptors (Lipinski definition) is 4. The molecule has 0 spiro atoms. The lowest BCUT2D eigenvalue weighted by molar-refractivity contribution is 0.0932. The standard InChI is InChI=1S/C22H24N4O3/c1-14-7-5-9-17(15(14)2)24-21(27)19-18-10-3-4-11-26(18)20(25-19)22(28)23-13-16-8-6-12-29-16/h5-9,12H,3-4,10-11,13H2,1-2H3,(H,23,28)(H,24,27). The van der Waals surface area contributed by atoms with E-state index in [1.165, 1.54) is 0 Å². The van der Waals surface area contributed by atoms with Gasteiger partial charge in [-0.05, 0) is 62.4 Å². The van der Waals surface area contributed by atoms with Crippen molar-refractivity contribution in [2.24, 2.45) is 0 Å². The molecule has 7 heteroatoms. The summed E-state index contributed by atoms with van der Waals surface area (Å²) in [5.41, 5.74) is 4.03. The van der Waals surface area contributed by atoms with Crippen molar-refractivity contribution in [3.05, 3.63) is 70.7 Å². The summed E-state index contributed by atoms with van der Waals surface area (Å²) in [7, 11) is 0. The molecule has 0 unspecified atom stereocenters. The number of imidazole rings is 1. The summed E-state index contributed by atoms with van der Waals surface area (Å²) < 4.78 is 7.13. The van der Waals surface area contributed by atoms with Crippen LogP contribution in [0.4, 0.5) is 5.69 Å². The molecule has 0 bridgehead atoms. The quantitative estimate of drug-likeness (QED) is 0.694. The number of furan rings is 1. The summed E-state index contributed by atoms with van der Waals surface area (Å²) in [6.45, 7) is 4.94. The van der Waals surface area contributed by atoms with Crippen molar-refractivity contribution in [3.63, 3.8) is 0 Å². The zero-order valence-electron chi connectivity index (χ0n) is 16.6. The lowest BCUT2D eigenvalue weighted by Gasteiger charge is -2.17. The number of carbonyl (C=O) groups excluding carboxylic acids is 2. The zero-order valence-corrected chi connectivity index (χ0v) is 16.6. The Morgan fingerprint density at radius 1 is 1.14 bits per heavy atom. The van der Waals surface area contributed by atoms with Crippen molar-refractivity contribution < 1.29 is 14.0 Å². The molecule has 3 aromatic rings. The van der Waals surface area contributed by atoms with Gasteiger partial charge in [0.25, 0.3) is 11.8 Å². The van der Waals surface area contributed by atoms with Crippen LogP contribution in [0.2, 0.25) is 0 Å². The maximum Gasteiger partial charge on any atom is 0.287 e. The van der Waals surface area contributed by atoms with E-state index in [4.69, 9.17) is 4.42 Å². The lowest BCUT2D eigenvalue weighted by atomic mass is 10.1. The molecule has 0 radical (unpaired) electrons. The SMILES string of the molecule is Cc1cccc(NC(=O)c2nc(C(=O)NCc3ccco3)n3c2CCCC3)c1C. The first-order chi connectivity index (χ1) is 14.0. The van der Waals surface area contributed by atoms with Gasteiger partial charge in [0.15, 0.2) is 11.5 Å². The fraction of sp³-hybridized carbons (Fsp3) is 0.318. The van der Waals surface area contributed by atoms with Gasteiger partial charge in [0.05, 0.1) is 18.5 Å². The summed E-state index contributed by atoms with van der Waals surface area (Å²) in [5, 5.41) is 5.78. The normalized spacial score (nSPS) is 13.0. The van der Waals surface area contributed by atoms with Gasteiger partial charge in [0.2, 0.25) is 0 Å². The van der Waals surface area contributed by atoms with E-state index in [2.05, 4.69) is 15.6 Å². The molecular weight excluding hydrogens is 368 g/mol. The Kier molecular flexibility index (Phi) is 5.20. The number of amides is 2. The molecule has 0 fully saturated rings. The van der Waals surface area contributed by atoms with Crippen molar-refractivity contribution in [1.29, 1.82) is 0 Å². The number of fused-ring (bicyclic) bond motifs is 1. The Morgan fingerprint density at radius 2 is 2.00 bits per heavy atom. The summed E-state index contributed by atoms with van der Waals surface area (Å²) in [5.74, 6) is 0.346. The summed E-state index contributed by atoms with van der Waals surface area (Å²) in [4.78, 5) is 30.2. The molecule has 2 aromatic heterocycles. The maximum absolute atomic E-state index is 13.0. The van der Waals surface area contributed by atoms with Crippen LogP contribution in [0.25, 0.3) is 0 Å². The second-order valence-electron chi connectivity index (χ2n) is 7.30. The molecule has 0 atom stereocenters. The molecular formula is C22H24N4O3. The van der Waals surface area contributed by atoms with Crippen LogP contribution in [0.5, 0.6) is 0 Å². The largest absolute Gasteiger partial charge is 0.467 e. The molecule has 2 N–H and O–H groups in total. The predicted octanol–water partition coefficient (Wildman–Crippen LogP) is 3.61. The van der Waals surface area contributed by atoms with Crippen LogP contribution in [-0.4, -0.2) is 21.4 Å². The van der Waals surface area contributed by atoms with E-state index in [1.54, 1.807) is 18.4 Å². The molecule has 3 heterocycles. The van der Waals surface area contributed by atoms with Gasteiger partial charge in [-0.15, -0.1) is 0 Å². The van der Waals surface area contributed by atoms with E-state index in [-0.39, 0.29) is 24.2 Å². The van der Waals surface area contributed by atoms with Crippen molar-refractivity contribution >= 4 is 17.5 Å². The van der Waals surface area contributed by atoms with Gasteiger partial charge < -0.3 is 19.6 Å². The molecule has 7 nitrogen and oxygen atoms in total. The highest BCUT2D eigenvalue weighted by Crippen LogP contribution is 2.24. The van der Waals surface area contributed by atoms with E-state index in [9.17, 15) is 9.59 Å². The first kappa shape index (κ1) is 19.0. The van der Waals surface area contributed by atoms with Crippen molar-refractivity contribution in [2.45, 2.75) is 46.2 Å². The highest BCUT2D eigenvalue weighted by atomic mass is 16.3. The van der Waals surface area contributed by atoms with Gasteiger partial charge in [-0.1, -0.05) is 12.1 Å². The fourth-order valence-electron chi connectivity index (χ4n) is 3.63. The number of benzene rings is 1. The van der Waals surface area contributed by atoms with Gasteiger partial charge in [0, 0.05) is 12.2 Å². The smallest absolute Gasteiger partial charge is 0.287 e. The third-order valence-corrected chi connectivity index (χ3v) is 5.39. The lowest BCUT2D eigenvalue weighted by Crippen LogP contribution is -2.27. The average Bonchev–Trinajstić information content (AvgIpc) is 3.37. The molecule has 1 aliphatic rings. The first-order valence-electron chi connectivity index (χ1n) is 9.82. The number of rotatable bonds is 5. The first-order valence-corrected chi connectivity index (χ1v) is 9.82. The maximum atomic E-state index is 13.0. The topological polar surface area (TPSA) is 89.2 Å². The van der Waals surface area contributed by atoms with Gasteiger partial charge in [-0.2, -0.15) is 0 Å². The summed E-state index contributed by atoms with van der Waals surface area (Å²) in [6, 6.07) is 9.36. The van der Waals surface area contributed by atoms with Crippen molar-refractivity contribution in [3.8, 4) is 0 Å². The van der Waals surface area contributed by atoms with Crippen LogP contribution in [0, 0.1) is 13.8 Å². The average molecular weight is 392 g/mol. The van der Waals surface area contributed by atoms with Crippen LogP contribution >= 0.6 is 0 Å². The van der Waals surface area contributed by atoms with E-state index in [0.717, 1.165) is 41.8 Å². The Bertz CT molecular complexity index is 1050.